The highest BCUT2D eigenvalue weighted by molar-refractivity contribution is 5.90. The molecule has 0 fully saturated rings. The summed E-state index contributed by atoms with van der Waals surface area (Å²) in [6, 6.07) is 13.1. The Hall–Kier alpha value is -2.73. The number of esters is 1. The van der Waals surface area contributed by atoms with Gasteiger partial charge in [0.05, 0.1) is 26.4 Å². The molecule has 0 amide bonds. The molecule has 0 aromatic heterocycles. The molecule has 6 heteroatoms. The maximum atomic E-state index is 12.2. The minimum Gasteiger partial charge on any atom is -0.504 e. The third kappa shape index (κ3) is 6.95. The van der Waals surface area contributed by atoms with E-state index in [0.29, 0.717) is 18.2 Å². The van der Waals surface area contributed by atoms with Crippen molar-refractivity contribution in [1.29, 1.82) is 0 Å². The number of rotatable bonds is 12. The number of methoxy groups -OCH3 is 2. The van der Waals surface area contributed by atoms with Gasteiger partial charge in [-0.2, -0.15) is 0 Å². The molecule has 0 saturated heterocycles. The number of aromatic hydroxyl groups is 1. The molecule has 2 rings (SSSR count). The van der Waals surface area contributed by atoms with Crippen molar-refractivity contribution in [3.05, 3.63) is 53.6 Å². The van der Waals surface area contributed by atoms with Crippen LogP contribution in [0.5, 0.6) is 17.2 Å². The molecule has 0 spiro atoms. The molecule has 0 aliphatic rings. The Balaban J connectivity index is 1.72. The van der Waals surface area contributed by atoms with Gasteiger partial charge in [0.15, 0.2) is 11.5 Å². The van der Waals surface area contributed by atoms with E-state index in [4.69, 9.17) is 14.2 Å². The van der Waals surface area contributed by atoms with Gasteiger partial charge in [0.2, 0.25) is 0 Å². The Kier molecular flexibility index (Phi) is 9.48. The number of nitrogens with zero attached hydrogens (tertiary/aromatic N) is 1. The fraction of sp³-hybridized carbons (Fsp3) is 0.458. The number of unbranched alkanes of at least 4 members (excludes halogenated alkanes) is 1. The van der Waals surface area contributed by atoms with Crippen molar-refractivity contribution in [1.82, 2.24) is 4.90 Å². The zero-order valence-corrected chi connectivity index (χ0v) is 18.4. The summed E-state index contributed by atoms with van der Waals surface area (Å²) >= 11 is 0. The third-order valence-electron chi connectivity index (χ3n) is 5.21. The molecule has 164 valence electrons. The van der Waals surface area contributed by atoms with Gasteiger partial charge in [-0.3, -0.25) is 0 Å². The predicted octanol–water partition coefficient (Wildman–Crippen LogP) is 4.30. The van der Waals surface area contributed by atoms with Crippen molar-refractivity contribution >= 4 is 5.97 Å². The first kappa shape index (κ1) is 23.5. The van der Waals surface area contributed by atoms with E-state index in [0.717, 1.165) is 38.1 Å². The summed E-state index contributed by atoms with van der Waals surface area (Å²) in [7, 11) is 3.12. The van der Waals surface area contributed by atoms with E-state index in [9.17, 15) is 9.90 Å². The summed E-state index contributed by atoms with van der Waals surface area (Å²) < 4.78 is 15.6. The van der Waals surface area contributed by atoms with Crippen molar-refractivity contribution in [2.24, 2.45) is 0 Å². The summed E-state index contributed by atoms with van der Waals surface area (Å²) in [5.74, 6) is 0.721. The Morgan fingerprint density at radius 1 is 1.07 bits per heavy atom. The highest BCUT2D eigenvalue weighted by atomic mass is 16.5. The van der Waals surface area contributed by atoms with E-state index in [1.54, 1.807) is 7.11 Å². The van der Waals surface area contributed by atoms with Crippen LogP contribution < -0.4 is 9.47 Å². The zero-order valence-electron chi connectivity index (χ0n) is 18.4. The van der Waals surface area contributed by atoms with Crippen molar-refractivity contribution in [2.45, 2.75) is 39.2 Å². The van der Waals surface area contributed by atoms with Crippen LogP contribution in [0.3, 0.4) is 0 Å². The number of benzene rings is 2. The van der Waals surface area contributed by atoms with Gasteiger partial charge >= 0.3 is 5.97 Å². The summed E-state index contributed by atoms with van der Waals surface area (Å²) in [5.41, 5.74) is 1.66. The van der Waals surface area contributed by atoms with Gasteiger partial charge in [-0.1, -0.05) is 19.1 Å². The van der Waals surface area contributed by atoms with Crippen LogP contribution in [0, 0.1) is 0 Å². The number of carbonyl (C=O) groups excluding carboxylic acids is 1. The molecule has 2 aromatic rings. The van der Waals surface area contributed by atoms with Crippen LogP contribution in [-0.2, 0) is 11.2 Å². The number of phenolic OH excluding ortho intramolecular Hbond substituents is 1. The van der Waals surface area contributed by atoms with Crippen molar-refractivity contribution in [3.63, 3.8) is 0 Å². The monoisotopic (exact) mass is 415 g/mol. The van der Waals surface area contributed by atoms with E-state index in [1.807, 2.05) is 12.1 Å². The lowest BCUT2D eigenvalue weighted by Gasteiger charge is -2.28. The first-order valence-corrected chi connectivity index (χ1v) is 10.4. The lowest BCUT2D eigenvalue weighted by molar-refractivity contribution is 0.0493. The SMILES string of the molecule is CCN(CCCCOC(=O)c1ccc(O)c(OC)c1)C(C)Cc1ccc(OC)cc1. The second-order valence-corrected chi connectivity index (χ2v) is 7.26. The van der Waals surface area contributed by atoms with Crippen molar-refractivity contribution in [3.8, 4) is 17.2 Å². The van der Waals surface area contributed by atoms with E-state index in [-0.39, 0.29) is 11.5 Å². The number of carbonyl (C=O) groups is 1. The summed E-state index contributed by atoms with van der Waals surface area (Å²) in [4.78, 5) is 14.6. The van der Waals surface area contributed by atoms with Crippen LogP contribution in [0.15, 0.2) is 42.5 Å². The van der Waals surface area contributed by atoms with Crippen molar-refractivity contribution < 1.29 is 24.1 Å². The van der Waals surface area contributed by atoms with Gasteiger partial charge in [0.25, 0.3) is 0 Å². The van der Waals surface area contributed by atoms with Crippen LogP contribution in [0.2, 0.25) is 0 Å². The van der Waals surface area contributed by atoms with Gasteiger partial charge in [-0.05, 0) is 75.2 Å². The first-order chi connectivity index (χ1) is 14.5. The second kappa shape index (κ2) is 12.1. The van der Waals surface area contributed by atoms with Crippen molar-refractivity contribution in [2.75, 3.05) is 33.9 Å². The normalized spacial score (nSPS) is 11.9. The highest BCUT2D eigenvalue weighted by Gasteiger charge is 2.14. The molecule has 0 radical (unpaired) electrons. The Labute approximate surface area is 179 Å². The largest absolute Gasteiger partial charge is 0.504 e. The maximum Gasteiger partial charge on any atom is 0.338 e. The quantitative estimate of drug-likeness (QED) is 0.412. The number of hydrogen-bond acceptors (Lipinski definition) is 6. The molecule has 0 aliphatic carbocycles. The van der Waals surface area contributed by atoms with Crippen LogP contribution in [0.25, 0.3) is 0 Å². The summed E-state index contributed by atoms with van der Waals surface area (Å²) in [5, 5.41) is 9.61. The lowest BCUT2D eigenvalue weighted by Crippen LogP contribution is -2.35. The summed E-state index contributed by atoms with van der Waals surface area (Å²) in [6.45, 7) is 6.71. The topological polar surface area (TPSA) is 68.2 Å². The van der Waals surface area contributed by atoms with Gasteiger partial charge in [-0.15, -0.1) is 0 Å². The molecule has 0 saturated carbocycles. The van der Waals surface area contributed by atoms with Crippen LogP contribution in [0.1, 0.15) is 42.6 Å². The third-order valence-corrected chi connectivity index (χ3v) is 5.21. The molecule has 6 nitrogen and oxygen atoms in total. The standard InChI is InChI=1S/C24H33NO5/c1-5-25(18(2)16-19-8-11-21(28-3)12-9-19)14-6-7-15-30-24(27)20-10-13-22(26)23(17-20)29-4/h8-13,17-18,26H,5-7,14-16H2,1-4H3. The second-order valence-electron chi connectivity index (χ2n) is 7.26. The molecule has 0 aliphatic heterocycles. The first-order valence-electron chi connectivity index (χ1n) is 10.4. The van der Waals surface area contributed by atoms with Crippen LogP contribution >= 0.6 is 0 Å². The Morgan fingerprint density at radius 3 is 2.43 bits per heavy atom. The number of likely N-dealkylation sites (N-methyl/N-ethyl adjacent to an activating group) is 1. The molecular weight excluding hydrogens is 382 g/mol. The fourth-order valence-corrected chi connectivity index (χ4v) is 3.39. The molecular formula is C24H33NO5. The average molecular weight is 416 g/mol. The molecule has 1 unspecified atom stereocenters. The molecule has 1 N–H and O–H groups in total. The van der Waals surface area contributed by atoms with Gasteiger partial charge in [0.1, 0.15) is 5.75 Å². The van der Waals surface area contributed by atoms with Crippen LogP contribution in [0.4, 0.5) is 0 Å². The zero-order chi connectivity index (χ0) is 21.9. The van der Waals surface area contributed by atoms with E-state index < -0.39 is 5.97 Å². The van der Waals surface area contributed by atoms with Gasteiger partial charge < -0.3 is 24.2 Å². The minimum atomic E-state index is -0.409. The predicted molar refractivity (Wildman–Crippen MR) is 118 cm³/mol. The van der Waals surface area contributed by atoms with E-state index in [1.165, 1.54) is 30.9 Å². The molecule has 30 heavy (non-hydrogen) atoms. The molecule has 0 bridgehead atoms. The summed E-state index contributed by atoms with van der Waals surface area (Å²) in [6.07, 6.45) is 2.73. The smallest absolute Gasteiger partial charge is 0.338 e. The number of ether oxygens (including phenoxy) is 3. The molecule has 2 aromatic carbocycles. The van der Waals surface area contributed by atoms with E-state index >= 15 is 0 Å². The average Bonchev–Trinajstić information content (AvgIpc) is 2.76. The fourth-order valence-electron chi connectivity index (χ4n) is 3.39. The highest BCUT2D eigenvalue weighted by Crippen LogP contribution is 2.26. The van der Waals surface area contributed by atoms with Crippen LogP contribution in [-0.4, -0.2) is 55.9 Å². The molecule has 0 heterocycles. The number of phenols is 1. The Bertz CT molecular complexity index is 791. The number of hydrogen-bond donors (Lipinski definition) is 1. The molecule has 1 atom stereocenters. The van der Waals surface area contributed by atoms with E-state index in [2.05, 4.69) is 30.9 Å². The Morgan fingerprint density at radius 2 is 1.80 bits per heavy atom. The maximum absolute atomic E-state index is 12.2. The minimum absolute atomic E-state index is 0.00235. The lowest BCUT2D eigenvalue weighted by atomic mass is 10.1. The van der Waals surface area contributed by atoms with Gasteiger partial charge in [-0.25, -0.2) is 4.79 Å². The van der Waals surface area contributed by atoms with Gasteiger partial charge in [0, 0.05) is 6.04 Å².